The van der Waals surface area contributed by atoms with Crippen LogP contribution >= 0.6 is 0 Å². The highest BCUT2D eigenvalue weighted by Gasteiger charge is 2.65. The molecule has 5 aromatic carbocycles. The first-order valence-electron chi connectivity index (χ1n) is 25.8. The summed E-state index contributed by atoms with van der Waals surface area (Å²) in [5, 5.41) is 2.22. The Kier molecular flexibility index (Phi) is 16.8. The molecule has 0 amide bonds. The summed E-state index contributed by atoms with van der Waals surface area (Å²) in [7, 11) is 2.47. The zero-order chi connectivity index (χ0) is 49.5. The topological polar surface area (TPSA) is 92.3 Å². The Hall–Kier alpha value is -4.08. The van der Waals surface area contributed by atoms with Gasteiger partial charge in [-0.1, -0.05) is 185 Å². The van der Waals surface area contributed by atoms with E-state index in [0.29, 0.717) is 39.3 Å². The van der Waals surface area contributed by atoms with Gasteiger partial charge in [0.15, 0.2) is 12.6 Å². The average Bonchev–Trinajstić information content (AvgIpc) is 3.40. The van der Waals surface area contributed by atoms with Gasteiger partial charge in [0.1, 0.15) is 24.4 Å². The average molecular weight is 985 g/mol. The largest absolute Gasteiger partial charge is 0.405 e. The van der Waals surface area contributed by atoms with Gasteiger partial charge in [-0.2, -0.15) is 0 Å². The molecule has 0 spiro atoms. The third-order valence-corrected chi connectivity index (χ3v) is 21.2. The minimum atomic E-state index is -2.96. The van der Waals surface area contributed by atoms with Crippen LogP contribution in [-0.2, 0) is 66.9 Å². The van der Waals surface area contributed by atoms with E-state index in [1.165, 1.54) is 10.4 Å². The quantitative estimate of drug-likeness (QED) is 0.0745. The molecular weight excluding hydrogens is 909 g/mol. The third kappa shape index (κ3) is 10.8. The van der Waals surface area contributed by atoms with Crippen LogP contribution in [0.3, 0.4) is 0 Å². The first kappa shape index (κ1) is 51.8. The summed E-state index contributed by atoms with van der Waals surface area (Å²) >= 11 is 0. The Morgan fingerprint density at radius 2 is 0.958 bits per heavy atom. The van der Waals surface area contributed by atoms with Crippen LogP contribution in [0, 0.1) is 11.8 Å². The molecule has 2 aliphatic carbocycles. The van der Waals surface area contributed by atoms with Gasteiger partial charge in [-0.25, -0.2) is 0 Å². The maximum absolute atomic E-state index is 7.71. The van der Waals surface area contributed by atoms with Crippen molar-refractivity contribution in [3.63, 3.8) is 0 Å². The van der Waals surface area contributed by atoms with Crippen molar-refractivity contribution in [1.82, 2.24) is 0 Å². The Morgan fingerprint density at radius 3 is 1.41 bits per heavy atom. The maximum Gasteiger partial charge on any atom is 0.261 e. The predicted octanol–water partition coefficient (Wildman–Crippen LogP) is 10.2. The Bertz CT molecular complexity index is 2330. The number of hydrogen-bond acceptors (Lipinski definition) is 10. The van der Waals surface area contributed by atoms with E-state index in [1.807, 2.05) is 75.7 Å². The highest BCUT2D eigenvalue weighted by atomic mass is 28.4. The summed E-state index contributed by atoms with van der Waals surface area (Å²) in [6.45, 7) is 10.4. The lowest BCUT2D eigenvalue weighted by Gasteiger charge is -2.62. The fourth-order valence-electron chi connectivity index (χ4n) is 12.6. The fourth-order valence-corrected chi connectivity index (χ4v) is 17.2. The van der Waals surface area contributed by atoms with Crippen LogP contribution in [0.2, 0.25) is 5.04 Å². The van der Waals surface area contributed by atoms with E-state index in [-0.39, 0.29) is 23.0 Å². The summed E-state index contributed by atoms with van der Waals surface area (Å²) in [5.74, 6) is -0.157. The fraction of sp³-hybridized carbons (Fsp3) is 0.500. The number of methoxy groups -OCH3 is 3. The van der Waals surface area contributed by atoms with Crippen molar-refractivity contribution in [3.8, 4) is 0 Å². The van der Waals surface area contributed by atoms with E-state index < -0.39 is 62.6 Å². The Balaban J connectivity index is 1.09. The lowest BCUT2D eigenvalue weighted by Crippen LogP contribution is -2.71. The van der Waals surface area contributed by atoms with Crippen molar-refractivity contribution in [2.45, 2.75) is 151 Å². The molecule has 5 aromatic rings. The van der Waals surface area contributed by atoms with Gasteiger partial charge in [-0.15, -0.1) is 0 Å². The van der Waals surface area contributed by atoms with Crippen molar-refractivity contribution in [1.29, 1.82) is 0 Å². The van der Waals surface area contributed by atoms with Crippen molar-refractivity contribution in [2.24, 2.45) is 11.8 Å². The van der Waals surface area contributed by atoms with Crippen LogP contribution in [0.5, 0.6) is 0 Å². The molecule has 0 radical (unpaired) electrons. The van der Waals surface area contributed by atoms with Crippen molar-refractivity contribution < 1.29 is 47.1 Å². The summed E-state index contributed by atoms with van der Waals surface area (Å²) < 4.78 is 70.4. The Morgan fingerprint density at radius 1 is 0.521 bits per heavy atom. The van der Waals surface area contributed by atoms with E-state index in [2.05, 4.69) is 118 Å². The SMILES string of the molecule is CO[C@H]1O[C@H](CO[Si](c2ccccc2)(c2ccccc2)C(C)(C)C)[C@H]2C[C@@]3(OC)CCCC[C@]3(OC)C[C@@H]2[C@@H]1O[C@@H]1O[C@@H](C)[C@H](OCc2ccccc2)[C@@H](OCc2ccccc2)[C@H]1OCc1ccccc1. The zero-order valence-electron chi connectivity index (χ0n) is 42.9. The van der Waals surface area contributed by atoms with Crippen LogP contribution < -0.4 is 10.4 Å². The number of rotatable bonds is 19. The Labute approximate surface area is 423 Å². The summed E-state index contributed by atoms with van der Waals surface area (Å²) in [4.78, 5) is 0. The molecule has 0 unspecified atom stereocenters. The van der Waals surface area contributed by atoms with E-state index in [0.717, 1.165) is 42.4 Å². The molecule has 10 nitrogen and oxygen atoms in total. The molecule has 11 heteroatoms. The molecule has 4 fully saturated rings. The van der Waals surface area contributed by atoms with Gasteiger partial charge < -0.3 is 47.1 Å². The zero-order valence-corrected chi connectivity index (χ0v) is 43.9. The number of fused-ring (bicyclic) bond motifs is 2. The second-order valence-electron chi connectivity index (χ2n) is 21.2. The highest BCUT2D eigenvalue weighted by molar-refractivity contribution is 6.99. The molecule has 0 N–H and O–H groups in total. The second-order valence-corrected chi connectivity index (χ2v) is 25.5. The maximum atomic E-state index is 7.71. The van der Waals surface area contributed by atoms with Gasteiger partial charge in [0, 0.05) is 21.3 Å². The van der Waals surface area contributed by atoms with E-state index in [1.54, 1.807) is 7.11 Å². The van der Waals surface area contributed by atoms with Gasteiger partial charge in [-0.3, -0.25) is 0 Å². The van der Waals surface area contributed by atoms with Gasteiger partial charge >= 0.3 is 0 Å². The van der Waals surface area contributed by atoms with Gasteiger partial charge in [0.2, 0.25) is 0 Å². The van der Waals surface area contributed by atoms with E-state index >= 15 is 0 Å². The standard InChI is InChI=1S/C60H76O10Si/c1-43-52(64-39-44-25-13-8-14-26-44)54(65-40-45-27-15-9-16-28-45)55(66-41-46-29-17-10-18-30-46)57(68-43)70-53-50-38-60(63-7)36-24-23-35-59(60,62-6)37-49(50)51(69-56(53)61-5)42-67-71(58(2,3)4,47-31-19-11-20-32-47)48-33-21-12-22-34-48/h8-22,25-34,43,49-57H,23-24,35-42H2,1-7H3/t43-,49-,50-,51+,52-,53-,54+,55+,56-,57-,59-,60-/m0/s1. The molecular formula is C60H76O10Si. The molecule has 0 bridgehead atoms. The molecule has 12 atom stereocenters. The smallest absolute Gasteiger partial charge is 0.261 e. The third-order valence-electron chi connectivity index (χ3n) is 16.2. The normalized spacial score (nSPS) is 31.1. The van der Waals surface area contributed by atoms with Crippen LogP contribution in [-0.4, -0.2) is 96.7 Å². The number of ether oxygens (including phenoxy) is 9. The number of benzene rings is 5. The minimum absolute atomic E-state index is 0.0530. The van der Waals surface area contributed by atoms with Crippen molar-refractivity contribution >= 4 is 18.7 Å². The van der Waals surface area contributed by atoms with Gasteiger partial charge in [0.05, 0.1) is 49.8 Å². The van der Waals surface area contributed by atoms with Gasteiger partial charge in [-0.05, 0) is 76.5 Å². The summed E-state index contributed by atoms with van der Waals surface area (Å²) in [5.41, 5.74) is 2.05. The molecule has 9 rings (SSSR count). The molecule has 0 aromatic heterocycles. The summed E-state index contributed by atoms with van der Waals surface area (Å²) in [6, 6.07) is 52.3. The molecule has 380 valence electrons. The molecule has 4 aliphatic rings. The van der Waals surface area contributed by atoms with Gasteiger partial charge in [0.25, 0.3) is 8.32 Å². The van der Waals surface area contributed by atoms with Crippen molar-refractivity contribution in [2.75, 3.05) is 27.9 Å². The molecule has 2 heterocycles. The lowest BCUT2D eigenvalue weighted by molar-refractivity contribution is -0.375. The van der Waals surface area contributed by atoms with Crippen LogP contribution in [0.4, 0.5) is 0 Å². The monoisotopic (exact) mass is 985 g/mol. The predicted molar refractivity (Wildman–Crippen MR) is 278 cm³/mol. The van der Waals surface area contributed by atoms with Crippen molar-refractivity contribution in [3.05, 3.63) is 168 Å². The summed E-state index contributed by atoms with van der Waals surface area (Å²) in [6.07, 6.45) is 0.442. The van der Waals surface area contributed by atoms with E-state index in [4.69, 9.17) is 47.1 Å². The minimum Gasteiger partial charge on any atom is -0.405 e. The molecule has 71 heavy (non-hydrogen) atoms. The first-order valence-corrected chi connectivity index (χ1v) is 27.8. The highest BCUT2D eigenvalue weighted by Crippen LogP contribution is 2.58. The van der Waals surface area contributed by atoms with Crippen LogP contribution in [0.1, 0.15) is 82.9 Å². The molecule has 2 aliphatic heterocycles. The van der Waals surface area contributed by atoms with Crippen LogP contribution in [0.25, 0.3) is 0 Å². The van der Waals surface area contributed by atoms with Crippen LogP contribution in [0.15, 0.2) is 152 Å². The molecule has 2 saturated carbocycles. The first-order chi connectivity index (χ1) is 34.5. The number of hydrogen-bond donors (Lipinski definition) is 0. The van der Waals surface area contributed by atoms with E-state index in [9.17, 15) is 0 Å². The lowest BCUT2D eigenvalue weighted by atomic mass is 9.55. The molecule has 2 saturated heterocycles. The second kappa shape index (κ2) is 23.0.